The first-order valence-electron chi connectivity index (χ1n) is 7.14. The Morgan fingerprint density at radius 2 is 1.83 bits per heavy atom. The number of rotatable bonds is 6. The van der Waals surface area contributed by atoms with E-state index in [-0.39, 0.29) is 11.3 Å². The molecule has 0 aliphatic carbocycles. The van der Waals surface area contributed by atoms with Crippen molar-refractivity contribution in [3.05, 3.63) is 65.7 Å². The maximum Gasteiger partial charge on any atom is 0.337 e. The predicted octanol–water partition coefficient (Wildman–Crippen LogP) is 3.44. The highest BCUT2D eigenvalue weighted by Crippen LogP contribution is 2.16. The maximum atomic E-state index is 11.9. The number of amides is 1. The molecule has 2 N–H and O–H groups in total. The third-order valence-corrected chi connectivity index (χ3v) is 3.03. The van der Waals surface area contributed by atoms with E-state index < -0.39 is 11.9 Å². The molecule has 2 aromatic rings. The van der Waals surface area contributed by atoms with Gasteiger partial charge in [-0.1, -0.05) is 24.3 Å². The lowest BCUT2D eigenvalue weighted by atomic mass is 10.1. The lowest BCUT2D eigenvalue weighted by molar-refractivity contribution is -0.111. The lowest BCUT2D eigenvalue weighted by Gasteiger charge is -2.06. The van der Waals surface area contributed by atoms with Crippen LogP contribution >= 0.6 is 0 Å². The number of carbonyl (C=O) groups excluding carboxylic acids is 1. The van der Waals surface area contributed by atoms with Crippen molar-refractivity contribution in [1.29, 1.82) is 0 Å². The normalized spacial score (nSPS) is 10.5. The molecule has 0 spiro atoms. The number of hydrogen-bond donors (Lipinski definition) is 2. The first-order chi connectivity index (χ1) is 11.1. The first kappa shape index (κ1) is 16.3. The standard InChI is InChI=1S/C18H17NO4/c1-2-23-14-10-7-13(8-11-14)9-12-17(20)19-16-6-4-3-5-15(16)18(21)22/h3-12H,2H2,1H3,(H,19,20)(H,21,22)/b12-9+. The number of ether oxygens (including phenoxy) is 1. The Morgan fingerprint density at radius 1 is 1.13 bits per heavy atom. The van der Waals surface area contributed by atoms with Crippen molar-refractivity contribution in [3.8, 4) is 5.75 Å². The molecule has 0 saturated heterocycles. The molecule has 0 fully saturated rings. The quantitative estimate of drug-likeness (QED) is 0.801. The number of nitrogens with one attached hydrogen (secondary N) is 1. The molecule has 0 heterocycles. The highest BCUT2D eigenvalue weighted by atomic mass is 16.5. The van der Waals surface area contributed by atoms with Gasteiger partial charge in [-0.3, -0.25) is 4.79 Å². The molecule has 0 radical (unpaired) electrons. The van der Waals surface area contributed by atoms with Crippen molar-refractivity contribution in [2.45, 2.75) is 6.92 Å². The number of para-hydroxylation sites is 1. The average Bonchev–Trinajstić information content (AvgIpc) is 2.55. The minimum absolute atomic E-state index is 0.0512. The van der Waals surface area contributed by atoms with Crippen LogP contribution in [0.25, 0.3) is 6.08 Å². The van der Waals surface area contributed by atoms with E-state index in [0.29, 0.717) is 6.61 Å². The Hall–Kier alpha value is -3.08. The second-order valence-electron chi connectivity index (χ2n) is 4.68. The van der Waals surface area contributed by atoms with E-state index in [1.54, 1.807) is 24.3 Å². The molecule has 5 heteroatoms. The summed E-state index contributed by atoms with van der Waals surface area (Å²) >= 11 is 0. The van der Waals surface area contributed by atoms with E-state index in [0.717, 1.165) is 11.3 Å². The lowest BCUT2D eigenvalue weighted by Crippen LogP contribution is -2.11. The largest absolute Gasteiger partial charge is 0.494 e. The molecule has 5 nitrogen and oxygen atoms in total. The second kappa shape index (κ2) is 7.79. The zero-order valence-corrected chi connectivity index (χ0v) is 12.7. The fourth-order valence-electron chi connectivity index (χ4n) is 1.97. The fraction of sp³-hybridized carbons (Fsp3) is 0.111. The van der Waals surface area contributed by atoms with Gasteiger partial charge >= 0.3 is 5.97 Å². The van der Waals surface area contributed by atoms with Gasteiger partial charge in [-0.2, -0.15) is 0 Å². The molecule has 0 unspecified atom stereocenters. The summed E-state index contributed by atoms with van der Waals surface area (Å²) in [4.78, 5) is 23.0. The average molecular weight is 311 g/mol. The molecular weight excluding hydrogens is 294 g/mol. The fourth-order valence-corrected chi connectivity index (χ4v) is 1.97. The maximum absolute atomic E-state index is 11.9. The third kappa shape index (κ3) is 4.71. The van der Waals surface area contributed by atoms with Crippen LogP contribution in [0.3, 0.4) is 0 Å². The van der Waals surface area contributed by atoms with Crippen LogP contribution < -0.4 is 10.1 Å². The van der Waals surface area contributed by atoms with Gasteiger partial charge in [-0.05, 0) is 42.8 Å². The Morgan fingerprint density at radius 3 is 2.48 bits per heavy atom. The number of hydrogen-bond acceptors (Lipinski definition) is 3. The third-order valence-electron chi connectivity index (χ3n) is 3.03. The van der Waals surface area contributed by atoms with Gasteiger partial charge in [0.1, 0.15) is 5.75 Å². The monoisotopic (exact) mass is 311 g/mol. The van der Waals surface area contributed by atoms with Gasteiger partial charge in [0.2, 0.25) is 5.91 Å². The molecule has 2 rings (SSSR count). The number of carbonyl (C=O) groups is 2. The van der Waals surface area contributed by atoms with Crippen LogP contribution in [-0.2, 0) is 4.79 Å². The van der Waals surface area contributed by atoms with Gasteiger partial charge in [0.25, 0.3) is 0 Å². The van der Waals surface area contributed by atoms with Crippen molar-refractivity contribution in [2.75, 3.05) is 11.9 Å². The Labute approximate surface area is 134 Å². The van der Waals surface area contributed by atoms with E-state index >= 15 is 0 Å². The molecule has 0 aliphatic heterocycles. The van der Waals surface area contributed by atoms with E-state index in [2.05, 4.69) is 5.32 Å². The topological polar surface area (TPSA) is 75.6 Å². The van der Waals surface area contributed by atoms with Crippen molar-refractivity contribution in [3.63, 3.8) is 0 Å². The van der Waals surface area contributed by atoms with Crippen LogP contribution in [0.2, 0.25) is 0 Å². The van der Waals surface area contributed by atoms with E-state index in [4.69, 9.17) is 9.84 Å². The molecule has 0 saturated carbocycles. The molecule has 0 bridgehead atoms. The van der Waals surface area contributed by atoms with Gasteiger partial charge in [-0.25, -0.2) is 4.79 Å². The van der Waals surface area contributed by atoms with Crippen LogP contribution in [0, 0.1) is 0 Å². The van der Waals surface area contributed by atoms with Crippen LogP contribution in [0.5, 0.6) is 5.75 Å². The molecule has 0 aliphatic rings. The minimum Gasteiger partial charge on any atom is -0.494 e. The molecule has 0 aromatic heterocycles. The van der Waals surface area contributed by atoms with E-state index in [9.17, 15) is 9.59 Å². The van der Waals surface area contributed by atoms with Crippen molar-refractivity contribution >= 4 is 23.6 Å². The summed E-state index contributed by atoms with van der Waals surface area (Å²) in [5.74, 6) is -0.714. The summed E-state index contributed by atoms with van der Waals surface area (Å²) in [6, 6.07) is 13.6. The van der Waals surface area contributed by atoms with Crippen LogP contribution in [0.1, 0.15) is 22.8 Å². The number of anilines is 1. The summed E-state index contributed by atoms with van der Waals surface area (Å²) in [6.07, 6.45) is 3.00. The smallest absolute Gasteiger partial charge is 0.337 e. The molecule has 23 heavy (non-hydrogen) atoms. The van der Waals surface area contributed by atoms with Crippen molar-refractivity contribution in [1.82, 2.24) is 0 Å². The minimum atomic E-state index is -1.09. The molecule has 1 amide bonds. The van der Waals surface area contributed by atoms with Crippen LogP contribution in [0.4, 0.5) is 5.69 Å². The van der Waals surface area contributed by atoms with Crippen LogP contribution in [-0.4, -0.2) is 23.6 Å². The van der Waals surface area contributed by atoms with Gasteiger partial charge in [-0.15, -0.1) is 0 Å². The molecule has 118 valence electrons. The summed E-state index contributed by atoms with van der Waals surface area (Å²) in [5.41, 5.74) is 1.16. The molecule has 2 aromatic carbocycles. The summed E-state index contributed by atoms with van der Waals surface area (Å²) in [6.45, 7) is 2.51. The van der Waals surface area contributed by atoms with E-state index in [1.807, 2.05) is 31.2 Å². The van der Waals surface area contributed by atoms with Gasteiger partial charge in [0.15, 0.2) is 0 Å². The number of carboxylic acid groups (broad SMARTS) is 1. The van der Waals surface area contributed by atoms with Crippen molar-refractivity contribution in [2.24, 2.45) is 0 Å². The Kier molecular flexibility index (Phi) is 5.52. The van der Waals surface area contributed by atoms with Crippen LogP contribution in [0.15, 0.2) is 54.6 Å². The number of carboxylic acids is 1. The number of aromatic carboxylic acids is 1. The predicted molar refractivity (Wildman–Crippen MR) is 88.7 cm³/mol. The van der Waals surface area contributed by atoms with E-state index in [1.165, 1.54) is 12.1 Å². The zero-order chi connectivity index (χ0) is 16.7. The van der Waals surface area contributed by atoms with Gasteiger partial charge in [0, 0.05) is 6.08 Å². The zero-order valence-electron chi connectivity index (χ0n) is 12.7. The molecular formula is C18H17NO4. The summed E-state index contributed by atoms with van der Waals surface area (Å²) < 4.78 is 5.34. The molecule has 0 atom stereocenters. The highest BCUT2D eigenvalue weighted by Gasteiger charge is 2.10. The summed E-state index contributed by atoms with van der Waals surface area (Å²) in [5, 5.41) is 11.6. The summed E-state index contributed by atoms with van der Waals surface area (Å²) in [7, 11) is 0. The Balaban J connectivity index is 2.03. The van der Waals surface area contributed by atoms with Gasteiger partial charge in [0.05, 0.1) is 17.9 Å². The SMILES string of the molecule is CCOc1ccc(/C=C/C(=O)Nc2ccccc2C(=O)O)cc1. The highest BCUT2D eigenvalue weighted by molar-refractivity contribution is 6.06. The first-order valence-corrected chi connectivity index (χ1v) is 7.14. The van der Waals surface area contributed by atoms with Crippen molar-refractivity contribution < 1.29 is 19.4 Å². The van der Waals surface area contributed by atoms with Gasteiger partial charge < -0.3 is 15.2 Å². The Bertz CT molecular complexity index is 720. The number of benzene rings is 2. The second-order valence-corrected chi connectivity index (χ2v) is 4.68.